The van der Waals surface area contributed by atoms with E-state index in [2.05, 4.69) is 36.3 Å². The number of Topliss-reactive ketones (excluding diaryl/α,β-unsaturated/α-hetero) is 1. The second-order valence-electron chi connectivity index (χ2n) is 7.26. The standard InChI is InChI=1S/C21H21N3O2S2/c1-21(2,3)16-11-9-15(10-12-16)17(25)18(26)22-19-23-24-20(28-19)27-13-14-7-5-4-6-8-14/h4-12H,13H2,1-3H3,(H,22,23,26). The summed E-state index contributed by atoms with van der Waals surface area (Å²) in [7, 11) is 0. The number of amides is 1. The van der Waals surface area contributed by atoms with Gasteiger partial charge in [-0.05, 0) is 16.5 Å². The van der Waals surface area contributed by atoms with E-state index in [0.29, 0.717) is 10.7 Å². The topological polar surface area (TPSA) is 72.0 Å². The Hall–Kier alpha value is -2.51. The van der Waals surface area contributed by atoms with Gasteiger partial charge in [-0.25, -0.2) is 0 Å². The highest BCUT2D eigenvalue weighted by atomic mass is 32.2. The maximum absolute atomic E-state index is 12.4. The Bertz CT molecular complexity index is 961. The van der Waals surface area contributed by atoms with Gasteiger partial charge >= 0.3 is 0 Å². The lowest BCUT2D eigenvalue weighted by Crippen LogP contribution is -2.23. The lowest BCUT2D eigenvalue weighted by Gasteiger charge is -2.18. The number of ketones is 1. The van der Waals surface area contributed by atoms with Crippen molar-refractivity contribution in [2.24, 2.45) is 0 Å². The van der Waals surface area contributed by atoms with Crippen molar-refractivity contribution in [3.63, 3.8) is 0 Å². The van der Waals surface area contributed by atoms with Crippen molar-refractivity contribution >= 4 is 39.9 Å². The number of carbonyl (C=O) groups is 2. The molecule has 0 bridgehead atoms. The van der Waals surface area contributed by atoms with Crippen LogP contribution >= 0.6 is 23.1 Å². The number of hydrogen-bond acceptors (Lipinski definition) is 6. The number of anilines is 1. The van der Waals surface area contributed by atoms with Gasteiger partial charge in [-0.15, -0.1) is 10.2 Å². The highest BCUT2D eigenvalue weighted by Crippen LogP contribution is 2.28. The molecule has 1 aromatic heterocycles. The minimum absolute atomic E-state index is 0.00971. The zero-order valence-corrected chi connectivity index (χ0v) is 17.6. The molecule has 0 unspecified atom stereocenters. The maximum atomic E-state index is 12.4. The number of hydrogen-bond donors (Lipinski definition) is 1. The summed E-state index contributed by atoms with van der Waals surface area (Å²) in [6.07, 6.45) is 0. The van der Waals surface area contributed by atoms with Crippen molar-refractivity contribution in [3.8, 4) is 0 Å². The van der Waals surface area contributed by atoms with E-state index in [9.17, 15) is 9.59 Å². The number of nitrogens with zero attached hydrogens (tertiary/aromatic N) is 2. The number of benzene rings is 2. The number of nitrogens with one attached hydrogen (secondary N) is 1. The largest absolute Gasteiger partial charge is 0.298 e. The minimum Gasteiger partial charge on any atom is -0.293 e. The number of aromatic nitrogens is 2. The smallest absolute Gasteiger partial charge is 0.293 e. The van der Waals surface area contributed by atoms with Crippen LogP contribution in [-0.2, 0) is 16.0 Å². The lowest BCUT2D eigenvalue weighted by atomic mass is 9.86. The molecule has 0 saturated heterocycles. The third-order valence-electron chi connectivity index (χ3n) is 4.05. The molecule has 0 aliphatic rings. The highest BCUT2D eigenvalue weighted by Gasteiger charge is 2.20. The molecule has 0 radical (unpaired) electrons. The first-order valence-corrected chi connectivity index (χ1v) is 10.6. The van der Waals surface area contributed by atoms with Crippen LogP contribution in [0.1, 0.15) is 42.3 Å². The van der Waals surface area contributed by atoms with E-state index in [1.165, 1.54) is 28.7 Å². The molecule has 3 aromatic rings. The molecule has 144 valence electrons. The van der Waals surface area contributed by atoms with Crippen LogP contribution in [0.4, 0.5) is 5.13 Å². The van der Waals surface area contributed by atoms with Crippen molar-refractivity contribution in [1.82, 2.24) is 10.2 Å². The monoisotopic (exact) mass is 411 g/mol. The molecule has 0 fully saturated rings. The summed E-state index contributed by atoms with van der Waals surface area (Å²) in [5.41, 5.74) is 2.63. The van der Waals surface area contributed by atoms with Crippen LogP contribution in [0, 0.1) is 0 Å². The normalized spacial score (nSPS) is 11.2. The highest BCUT2D eigenvalue weighted by molar-refractivity contribution is 8.00. The van der Waals surface area contributed by atoms with Gasteiger partial charge in [-0.2, -0.15) is 0 Å². The third kappa shape index (κ3) is 5.27. The van der Waals surface area contributed by atoms with Gasteiger partial charge in [0.1, 0.15) is 0 Å². The molecular weight excluding hydrogens is 390 g/mol. The van der Waals surface area contributed by atoms with E-state index < -0.39 is 11.7 Å². The second-order valence-corrected chi connectivity index (χ2v) is 9.46. The first kappa shape index (κ1) is 20.2. The van der Waals surface area contributed by atoms with Crippen molar-refractivity contribution < 1.29 is 9.59 Å². The predicted molar refractivity (Wildman–Crippen MR) is 114 cm³/mol. The lowest BCUT2D eigenvalue weighted by molar-refractivity contribution is -0.112. The van der Waals surface area contributed by atoms with Gasteiger partial charge in [0.15, 0.2) is 4.34 Å². The third-order valence-corrected chi connectivity index (χ3v) is 6.09. The first-order valence-electron chi connectivity index (χ1n) is 8.79. The molecule has 1 heterocycles. The Morgan fingerprint density at radius 2 is 1.68 bits per heavy atom. The SMILES string of the molecule is CC(C)(C)c1ccc(C(=O)C(=O)Nc2nnc(SCc3ccccc3)s2)cc1. The van der Waals surface area contributed by atoms with E-state index in [4.69, 9.17) is 0 Å². The molecule has 0 aliphatic heterocycles. The molecule has 0 atom stereocenters. The van der Waals surface area contributed by atoms with E-state index in [1.807, 2.05) is 42.5 Å². The number of carbonyl (C=O) groups excluding carboxylic acids is 2. The maximum Gasteiger partial charge on any atom is 0.298 e. The molecule has 1 amide bonds. The first-order chi connectivity index (χ1) is 13.3. The zero-order chi connectivity index (χ0) is 20.1. The summed E-state index contributed by atoms with van der Waals surface area (Å²) in [4.78, 5) is 24.6. The van der Waals surface area contributed by atoms with E-state index >= 15 is 0 Å². The summed E-state index contributed by atoms with van der Waals surface area (Å²) >= 11 is 2.79. The van der Waals surface area contributed by atoms with Gasteiger partial charge in [0.25, 0.3) is 11.7 Å². The molecular formula is C21H21N3O2S2. The summed E-state index contributed by atoms with van der Waals surface area (Å²) in [6, 6.07) is 17.2. The summed E-state index contributed by atoms with van der Waals surface area (Å²) in [6.45, 7) is 6.29. The number of rotatable bonds is 6. The van der Waals surface area contributed by atoms with Crippen molar-refractivity contribution in [2.75, 3.05) is 5.32 Å². The molecule has 0 aliphatic carbocycles. The quantitative estimate of drug-likeness (QED) is 0.269. The van der Waals surface area contributed by atoms with Gasteiger partial charge in [0.05, 0.1) is 0 Å². The van der Waals surface area contributed by atoms with Crippen molar-refractivity contribution in [1.29, 1.82) is 0 Å². The molecule has 5 nitrogen and oxygen atoms in total. The Morgan fingerprint density at radius 3 is 2.32 bits per heavy atom. The van der Waals surface area contributed by atoms with Gasteiger partial charge in [-0.1, -0.05) is 98.5 Å². The fraction of sp³-hybridized carbons (Fsp3) is 0.238. The van der Waals surface area contributed by atoms with Crippen LogP contribution < -0.4 is 5.32 Å². The van der Waals surface area contributed by atoms with Crippen LogP contribution in [0.5, 0.6) is 0 Å². The molecule has 28 heavy (non-hydrogen) atoms. The zero-order valence-electron chi connectivity index (χ0n) is 15.9. The Balaban J connectivity index is 1.58. The predicted octanol–water partition coefficient (Wildman–Crippen LogP) is 4.95. The molecule has 0 spiro atoms. The number of thioether (sulfide) groups is 1. The average molecular weight is 412 g/mol. The Morgan fingerprint density at radius 1 is 1.00 bits per heavy atom. The van der Waals surface area contributed by atoms with Crippen molar-refractivity contribution in [2.45, 2.75) is 36.3 Å². The van der Waals surface area contributed by atoms with E-state index in [0.717, 1.165) is 15.7 Å². The molecule has 1 N–H and O–H groups in total. The van der Waals surface area contributed by atoms with Crippen molar-refractivity contribution in [3.05, 3.63) is 71.3 Å². The van der Waals surface area contributed by atoms with Gasteiger partial charge in [-0.3, -0.25) is 14.9 Å². The van der Waals surface area contributed by atoms with Gasteiger partial charge in [0, 0.05) is 11.3 Å². The molecule has 2 aromatic carbocycles. The fourth-order valence-corrected chi connectivity index (χ4v) is 4.15. The van der Waals surface area contributed by atoms with Crippen LogP contribution in [0.2, 0.25) is 0 Å². The summed E-state index contributed by atoms with van der Waals surface area (Å²) in [5, 5.41) is 10.9. The summed E-state index contributed by atoms with van der Waals surface area (Å²) < 4.78 is 0.737. The van der Waals surface area contributed by atoms with E-state index in [-0.39, 0.29) is 5.41 Å². The Kier molecular flexibility index (Phi) is 6.26. The van der Waals surface area contributed by atoms with Crippen LogP contribution in [0.15, 0.2) is 58.9 Å². The van der Waals surface area contributed by atoms with Crippen LogP contribution in [0.3, 0.4) is 0 Å². The average Bonchev–Trinajstić information content (AvgIpc) is 3.13. The molecule has 3 rings (SSSR count). The molecule has 7 heteroatoms. The van der Waals surface area contributed by atoms with Crippen LogP contribution in [0.25, 0.3) is 0 Å². The Labute approximate surface area is 172 Å². The van der Waals surface area contributed by atoms with E-state index in [1.54, 1.807) is 12.1 Å². The summed E-state index contributed by atoms with van der Waals surface area (Å²) in [5.74, 6) is -0.531. The fourth-order valence-electron chi connectivity index (χ4n) is 2.44. The molecule has 0 saturated carbocycles. The van der Waals surface area contributed by atoms with Gasteiger partial charge in [0.2, 0.25) is 5.13 Å². The van der Waals surface area contributed by atoms with Gasteiger partial charge < -0.3 is 0 Å². The second kappa shape index (κ2) is 8.67. The van der Waals surface area contributed by atoms with Crippen LogP contribution in [-0.4, -0.2) is 21.9 Å². The minimum atomic E-state index is -0.709.